The van der Waals surface area contributed by atoms with Crippen LogP contribution in [0.5, 0.6) is 28.7 Å². The number of amides is 2. The molecule has 0 bridgehead atoms. The van der Waals surface area contributed by atoms with Gasteiger partial charge in [-0.15, -0.1) is 0 Å². The minimum absolute atomic E-state index is 0.0626. The second-order valence-corrected chi connectivity index (χ2v) is 10.7. The largest absolute Gasteiger partial charge is 0.489 e. The maximum atomic E-state index is 13.2. The predicted octanol–water partition coefficient (Wildman–Crippen LogP) is 7.46. The van der Waals surface area contributed by atoms with Crippen LogP contribution in [0.3, 0.4) is 0 Å². The van der Waals surface area contributed by atoms with Crippen LogP contribution < -0.4 is 29.6 Å². The number of likely N-dealkylation sites (N-methyl/N-ethyl adjacent to an activating group) is 1. The molecule has 2 N–H and O–H groups in total. The molecule has 1 aromatic heterocycles. The van der Waals surface area contributed by atoms with Crippen LogP contribution in [-0.4, -0.2) is 69.6 Å². The first kappa shape index (κ1) is 32.9. The third-order valence-corrected chi connectivity index (χ3v) is 7.26. The summed E-state index contributed by atoms with van der Waals surface area (Å²) in [4.78, 5) is 19.1. The maximum absolute atomic E-state index is 13.2. The van der Waals surface area contributed by atoms with E-state index in [1.165, 1.54) is 6.07 Å². The van der Waals surface area contributed by atoms with Crippen LogP contribution in [0, 0.1) is 0 Å². The highest BCUT2D eigenvalue weighted by atomic mass is 35.5. The molecule has 0 spiro atoms. The van der Waals surface area contributed by atoms with Gasteiger partial charge in [0.25, 0.3) is 0 Å². The van der Waals surface area contributed by atoms with E-state index in [1.54, 1.807) is 49.7 Å². The molecule has 14 heteroatoms. The van der Waals surface area contributed by atoms with E-state index in [2.05, 4.69) is 20.5 Å². The zero-order valence-electron chi connectivity index (χ0n) is 25.1. The first-order valence-electron chi connectivity index (χ1n) is 14.4. The number of aromatic nitrogens is 1. The van der Waals surface area contributed by atoms with Crippen LogP contribution in [0.4, 0.5) is 29.3 Å². The number of rotatable bonds is 12. The van der Waals surface area contributed by atoms with Gasteiger partial charge in [0.2, 0.25) is 5.75 Å². The van der Waals surface area contributed by atoms with E-state index in [-0.39, 0.29) is 5.69 Å². The number of pyridine rings is 1. The molecular weight excluding hydrogens is 629 g/mol. The van der Waals surface area contributed by atoms with Crippen molar-refractivity contribution in [3.63, 3.8) is 0 Å². The number of hydrogen-bond acceptors (Lipinski definition) is 8. The number of hydrogen-bond donors (Lipinski definition) is 2. The Morgan fingerprint density at radius 2 is 1.67 bits per heavy atom. The number of methoxy groups -OCH3 is 1. The molecule has 0 aliphatic carbocycles. The van der Waals surface area contributed by atoms with Gasteiger partial charge >= 0.3 is 12.2 Å². The van der Waals surface area contributed by atoms with Crippen LogP contribution in [-0.2, 0) is 10.9 Å². The van der Waals surface area contributed by atoms with Crippen molar-refractivity contribution in [1.82, 2.24) is 9.88 Å². The molecule has 5 rings (SSSR count). The molecule has 10 nitrogen and oxygen atoms in total. The summed E-state index contributed by atoms with van der Waals surface area (Å²) in [6.45, 7) is 3.53. The minimum Gasteiger partial charge on any atom is -0.489 e. The number of carbonyl (C=O) groups excluding carboxylic acids is 1. The van der Waals surface area contributed by atoms with Gasteiger partial charge in [0, 0.05) is 43.8 Å². The number of carbonyl (C=O) groups is 1. The van der Waals surface area contributed by atoms with Gasteiger partial charge in [0.15, 0.2) is 11.5 Å². The molecular formula is C32H32ClF3N4O6. The lowest BCUT2D eigenvalue weighted by Crippen LogP contribution is -2.25. The molecule has 1 aliphatic heterocycles. The van der Waals surface area contributed by atoms with E-state index in [0.29, 0.717) is 71.8 Å². The lowest BCUT2D eigenvalue weighted by Gasteiger charge is -2.24. The fourth-order valence-electron chi connectivity index (χ4n) is 4.69. The summed E-state index contributed by atoms with van der Waals surface area (Å²) < 4.78 is 68.8. The standard InChI is InChI=1S/C32H32ClF3N4O6/c1-40(13-15-42-2)12-3-14-43-27-19-25-28(30-29(27)44-16-17-45-30)26(10-11-37-25)46-22-7-4-20(5-8-22)38-31(41)39-21-6-9-24(33)23(18-21)32(34,35)36/h4-11,18-19H,3,12-17H2,1-2H3,(H2,38,39,41). The monoisotopic (exact) mass is 660 g/mol. The molecule has 0 unspecified atom stereocenters. The van der Waals surface area contributed by atoms with Crippen molar-refractivity contribution in [2.24, 2.45) is 0 Å². The molecule has 0 fully saturated rings. The molecule has 0 saturated carbocycles. The average Bonchev–Trinajstić information content (AvgIpc) is 3.03. The number of halogens is 4. The van der Waals surface area contributed by atoms with Crippen LogP contribution in [0.15, 0.2) is 60.8 Å². The Morgan fingerprint density at radius 3 is 2.41 bits per heavy atom. The van der Waals surface area contributed by atoms with E-state index < -0.39 is 22.8 Å². The van der Waals surface area contributed by atoms with Crippen molar-refractivity contribution in [3.05, 3.63) is 71.4 Å². The summed E-state index contributed by atoms with van der Waals surface area (Å²) >= 11 is 5.65. The van der Waals surface area contributed by atoms with Crippen molar-refractivity contribution < 1.29 is 41.7 Å². The highest BCUT2D eigenvalue weighted by molar-refractivity contribution is 6.31. The fourth-order valence-corrected chi connectivity index (χ4v) is 4.91. The Hall–Kier alpha value is -4.46. The predicted molar refractivity (Wildman–Crippen MR) is 168 cm³/mol. The average molecular weight is 661 g/mol. The summed E-state index contributed by atoms with van der Waals surface area (Å²) in [5.41, 5.74) is -0.126. The first-order chi connectivity index (χ1) is 22.1. The van der Waals surface area contributed by atoms with Gasteiger partial charge in [0.05, 0.1) is 34.7 Å². The SMILES string of the molecule is COCCN(C)CCCOc1cc2nccc(Oc3ccc(NC(=O)Nc4ccc(Cl)c(C(F)(F)F)c4)cc3)c2c2c1OCCO2. The molecule has 3 aromatic carbocycles. The van der Waals surface area contributed by atoms with Crippen molar-refractivity contribution in [3.8, 4) is 28.7 Å². The topological polar surface area (TPSA) is 103 Å². The first-order valence-corrected chi connectivity index (χ1v) is 14.7. The van der Waals surface area contributed by atoms with Crippen molar-refractivity contribution in [2.45, 2.75) is 12.6 Å². The third-order valence-electron chi connectivity index (χ3n) is 6.93. The van der Waals surface area contributed by atoms with E-state index in [0.717, 1.165) is 31.6 Å². The molecule has 46 heavy (non-hydrogen) atoms. The zero-order chi connectivity index (χ0) is 32.7. The normalized spacial score (nSPS) is 12.7. The Kier molecular flexibility index (Phi) is 10.6. The van der Waals surface area contributed by atoms with E-state index in [9.17, 15) is 18.0 Å². The maximum Gasteiger partial charge on any atom is 0.417 e. The van der Waals surface area contributed by atoms with Crippen molar-refractivity contribution in [2.75, 3.05) is 64.3 Å². The summed E-state index contributed by atoms with van der Waals surface area (Å²) in [6, 6.07) is 12.3. The van der Waals surface area contributed by atoms with Gasteiger partial charge in [0.1, 0.15) is 24.7 Å². The number of nitrogens with one attached hydrogen (secondary N) is 2. The number of alkyl halides is 3. The number of anilines is 2. The quantitative estimate of drug-likeness (QED) is 0.151. The molecule has 1 aliphatic rings. The number of fused-ring (bicyclic) bond motifs is 3. The van der Waals surface area contributed by atoms with Crippen LogP contribution in [0.25, 0.3) is 10.9 Å². The molecule has 0 atom stereocenters. The van der Waals surface area contributed by atoms with Crippen LogP contribution >= 0.6 is 11.6 Å². The Bertz CT molecular complexity index is 1670. The zero-order valence-corrected chi connectivity index (χ0v) is 25.8. The Morgan fingerprint density at radius 1 is 0.957 bits per heavy atom. The number of urea groups is 1. The fraction of sp³-hybridized carbons (Fsp3) is 0.312. The minimum atomic E-state index is -4.66. The lowest BCUT2D eigenvalue weighted by molar-refractivity contribution is -0.137. The molecule has 4 aromatic rings. The molecule has 244 valence electrons. The number of nitrogens with zero attached hydrogens (tertiary/aromatic N) is 2. The number of benzene rings is 3. The van der Waals surface area contributed by atoms with Gasteiger partial charge in [-0.3, -0.25) is 4.98 Å². The van der Waals surface area contributed by atoms with Gasteiger partial charge in [-0.25, -0.2) is 4.79 Å². The summed E-state index contributed by atoms with van der Waals surface area (Å²) in [5, 5.41) is 5.11. The second-order valence-electron chi connectivity index (χ2n) is 10.3. The van der Waals surface area contributed by atoms with E-state index in [1.807, 2.05) is 7.05 Å². The Labute approximate surface area is 268 Å². The molecule has 0 saturated heterocycles. The van der Waals surface area contributed by atoms with Gasteiger partial charge in [-0.1, -0.05) is 11.6 Å². The molecule has 2 amide bonds. The lowest BCUT2D eigenvalue weighted by atomic mass is 10.1. The van der Waals surface area contributed by atoms with Crippen molar-refractivity contribution >= 4 is 39.9 Å². The molecule has 0 radical (unpaired) electrons. The number of ether oxygens (including phenoxy) is 5. The third kappa shape index (κ3) is 8.22. The highest BCUT2D eigenvalue weighted by Crippen LogP contribution is 2.48. The smallest absolute Gasteiger partial charge is 0.417 e. The van der Waals surface area contributed by atoms with E-state index in [4.69, 9.17) is 35.3 Å². The second kappa shape index (κ2) is 14.8. The van der Waals surface area contributed by atoms with E-state index >= 15 is 0 Å². The van der Waals surface area contributed by atoms with Gasteiger partial charge in [-0.05, 0) is 62.0 Å². The Balaban J connectivity index is 1.26. The highest BCUT2D eigenvalue weighted by Gasteiger charge is 2.33. The van der Waals surface area contributed by atoms with Gasteiger partial charge < -0.3 is 39.2 Å². The summed E-state index contributed by atoms with van der Waals surface area (Å²) in [5.74, 6) is 2.42. The van der Waals surface area contributed by atoms with Gasteiger partial charge in [-0.2, -0.15) is 13.2 Å². The van der Waals surface area contributed by atoms with Crippen molar-refractivity contribution in [1.29, 1.82) is 0 Å². The van der Waals surface area contributed by atoms with Crippen LogP contribution in [0.2, 0.25) is 5.02 Å². The summed E-state index contributed by atoms with van der Waals surface area (Å²) in [6.07, 6.45) is -2.24. The summed E-state index contributed by atoms with van der Waals surface area (Å²) in [7, 11) is 3.71. The molecule has 2 heterocycles. The van der Waals surface area contributed by atoms with Crippen LogP contribution in [0.1, 0.15) is 12.0 Å².